The topological polar surface area (TPSA) is 81.0 Å². The largest absolute Gasteiger partial charge is 0.422 e. The molecule has 7 heteroatoms. The first-order chi connectivity index (χ1) is 11.6. The molecule has 118 valence electrons. The van der Waals surface area contributed by atoms with Crippen LogP contribution in [0.25, 0.3) is 21.7 Å². The van der Waals surface area contributed by atoms with Crippen molar-refractivity contribution in [1.29, 1.82) is 0 Å². The van der Waals surface area contributed by atoms with Gasteiger partial charge in [-0.1, -0.05) is 41.1 Å². The molecule has 0 saturated carbocycles. The number of nitrogens with two attached hydrogens (primary N) is 1. The van der Waals surface area contributed by atoms with Gasteiger partial charge in [0, 0.05) is 15.8 Å². The van der Waals surface area contributed by atoms with Gasteiger partial charge in [0.1, 0.15) is 21.0 Å². The fourth-order valence-corrected chi connectivity index (χ4v) is 3.50. The molecule has 4 rings (SSSR count). The Labute approximate surface area is 145 Å². The zero-order valence-corrected chi connectivity index (χ0v) is 13.8. The van der Waals surface area contributed by atoms with Crippen molar-refractivity contribution in [3.8, 4) is 0 Å². The molecule has 0 aliphatic rings. The maximum absolute atomic E-state index is 12.2. The number of benzene rings is 2. The Kier molecular flexibility index (Phi) is 3.55. The molecular formula is C17H10ClN3O2S. The second kappa shape index (κ2) is 5.74. The highest BCUT2D eigenvalue weighted by Crippen LogP contribution is 2.42. The van der Waals surface area contributed by atoms with Crippen LogP contribution in [-0.2, 0) is 0 Å². The van der Waals surface area contributed by atoms with Gasteiger partial charge in [-0.2, -0.15) is 0 Å². The third kappa shape index (κ3) is 2.46. The van der Waals surface area contributed by atoms with Crippen molar-refractivity contribution in [3.05, 3.63) is 64.0 Å². The average molecular weight is 356 g/mol. The van der Waals surface area contributed by atoms with E-state index in [4.69, 9.17) is 21.8 Å². The summed E-state index contributed by atoms with van der Waals surface area (Å²) in [5.41, 5.74) is 6.69. The molecule has 0 fully saturated rings. The highest BCUT2D eigenvalue weighted by atomic mass is 35.5. The Balaban J connectivity index is 1.95. The van der Waals surface area contributed by atoms with Crippen LogP contribution in [0.3, 0.4) is 0 Å². The lowest BCUT2D eigenvalue weighted by Gasteiger charge is -1.99. The molecule has 2 aromatic carbocycles. The van der Waals surface area contributed by atoms with Crippen LogP contribution < -0.4 is 11.4 Å². The van der Waals surface area contributed by atoms with E-state index in [1.54, 1.807) is 30.3 Å². The maximum Gasteiger partial charge on any atom is 0.347 e. The SMILES string of the molecule is Nc1sc(N=Nc2ccc(Cl)cc2)c2c1c(=O)oc1ccccc12. The van der Waals surface area contributed by atoms with Crippen LogP contribution >= 0.6 is 22.9 Å². The second-order valence-electron chi connectivity index (χ2n) is 5.08. The number of hydrogen-bond donors (Lipinski definition) is 1. The molecule has 0 aliphatic carbocycles. The minimum absolute atomic E-state index is 0.351. The summed E-state index contributed by atoms with van der Waals surface area (Å²) in [7, 11) is 0. The normalized spacial score (nSPS) is 11.7. The van der Waals surface area contributed by atoms with E-state index in [0.717, 1.165) is 5.39 Å². The summed E-state index contributed by atoms with van der Waals surface area (Å²) in [6, 6.07) is 14.3. The minimum atomic E-state index is -0.467. The molecule has 2 heterocycles. The van der Waals surface area contributed by atoms with Crippen molar-refractivity contribution in [2.45, 2.75) is 0 Å². The number of halogens is 1. The summed E-state index contributed by atoms with van der Waals surface area (Å²) in [5, 5.41) is 11.9. The van der Waals surface area contributed by atoms with Gasteiger partial charge in [-0.25, -0.2) is 4.79 Å². The summed E-state index contributed by atoms with van der Waals surface area (Å²) in [6.07, 6.45) is 0. The Morgan fingerprint density at radius 1 is 1.00 bits per heavy atom. The number of thiophene rings is 1. The average Bonchev–Trinajstić information content (AvgIpc) is 2.92. The van der Waals surface area contributed by atoms with E-state index in [-0.39, 0.29) is 0 Å². The van der Waals surface area contributed by atoms with Gasteiger partial charge in [-0.15, -0.1) is 10.2 Å². The van der Waals surface area contributed by atoms with Crippen molar-refractivity contribution >= 4 is 60.4 Å². The monoisotopic (exact) mass is 355 g/mol. The number of rotatable bonds is 2. The molecule has 4 aromatic rings. The fourth-order valence-electron chi connectivity index (χ4n) is 2.48. The molecule has 5 nitrogen and oxygen atoms in total. The van der Waals surface area contributed by atoms with E-state index in [1.165, 1.54) is 11.3 Å². The van der Waals surface area contributed by atoms with Crippen molar-refractivity contribution in [2.75, 3.05) is 5.73 Å². The number of hydrogen-bond acceptors (Lipinski definition) is 6. The van der Waals surface area contributed by atoms with Crippen LogP contribution in [0.15, 0.2) is 68.0 Å². The Morgan fingerprint density at radius 3 is 2.54 bits per heavy atom. The first-order valence-corrected chi connectivity index (χ1v) is 8.24. The summed E-state index contributed by atoms with van der Waals surface area (Å²) in [6.45, 7) is 0. The van der Waals surface area contributed by atoms with Crippen molar-refractivity contribution in [1.82, 2.24) is 0 Å². The molecule has 24 heavy (non-hydrogen) atoms. The van der Waals surface area contributed by atoms with Crippen LogP contribution in [0.1, 0.15) is 0 Å². The van der Waals surface area contributed by atoms with Crippen LogP contribution in [-0.4, -0.2) is 0 Å². The van der Waals surface area contributed by atoms with E-state index < -0.39 is 5.63 Å². The molecule has 2 N–H and O–H groups in total. The predicted octanol–water partition coefficient (Wildman–Crippen LogP) is 5.66. The minimum Gasteiger partial charge on any atom is -0.422 e. The highest BCUT2D eigenvalue weighted by molar-refractivity contribution is 7.21. The molecule has 0 saturated heterocycles. The van der Waals surface area contributed by atoms with Gasteiger partial charge in [0.15, 0.2) is 0 Å². The summed E-state index contributed by atoms with van der Waals surface area (Å²) in [4.78, 5) is 12.2. The molecule has 0 aliphatic heterocycles. The quantitative estimate of drug-likeness (QED) is 0.372. The van der Waals surface area contributed by atoms with Crippen molar-refractivity contribution in [3.63, 3.8) is 0 Å². The second-order valence-corrected chi connectivity index (χ2v) is 6.55. The molecule has 0 amide bonds. The first-order valence-electron chi connectivity index (χ1n) is 7.04. The van der Waals surface area contributed by atoms with Crippen LogP contribution in [0.5, 0.6) is 0 Å². The van der Waals surface area contributed by atoms with Gasteiger partial charge in [0.25, 0.3) is 0 Å². The van der Waals surface area contributed by atoms with Gasteiger partial charge >= 0.3 is 5.63 Å². The number of nitrogens with zero attached hydrogens (tertiary/aromatic N) is 2. The molecule has 0 radical (unpaired) electrons. The highest BCUT2D eigenvalue weighted by Gasteiger charge is 2.17. The molecule has 0 atom stereocenters. The lowest BCUT2D eigenvalue weighted by molar-refractivity contribution is 0.570. The van der Waals surface area contributed by atoms with Crippen LogP contribution in [0, 0.1) is 0 Å². The number of fused-ring (bicyclic) bond motifs is 3. The van der Waals surface area contributed by atoms with Gasteiger partial charge in [-0.3, -0.25) is 0 Å². The zero-order chi connectivity index (χ0) is 16.7. The fraction of sp³-hybridized carbons (Fsp3) is 0. The molecule has 0 bridgehead atoms. The van der Waals surface area contributed by atoms with Crippen LogP contribution in [0.2, 0.25) is 5.02 Å². The summed E-state index contributed by atoms with van der Waals surface area (Å²) >= 11 is 7.07. The van der Waals surface area contributed by atoms with Crippen LogP contribution in [0.4, 0.5) is 15.7 Å². The first kappa shape index (κ1) is 14.9. The predicted molar refractivity (Wildman–Crippen MR) is 97.9 cm³/mol. The van der Waals surface area contributed by atoms with E-state index in [1.807, 2.05) is 18.2 Å². The lowest BCUT2D eigenvalue weighted by atomic mass is 10.1. The van der Waals surface area contributed by atoms with Gasteiger partial charge in [0.05, 0.1) is 5.69 Å². The smallest absolute Gasteiger partial charge is 0.347 e. The maximum atomic E-state index is 12.2. The van der Waals surface area contributed by atoms with E-state index in [2.05, 4.69) is 10.2 Å². The number of para-hydroxylation sites is 1. The van der Waals surface area contributed by atoms with Crippen molar-refractivity contribution < 1.29 is 4.42 Å². The van der Waals surface area contributed by atoms with E-state index in [0.29, 0.717) is 37.1 Å². The molecule has 0 unspecified atom stereocenters. The summed E-state index contributed by atoms with van der Waals surface area (Å²) < 4.78 is 5.33. The third-order valence-corrected chi connectivity index (χ3v) is 4.72. The number of azo groups is 1. The molecule has 2 aromatic heterocycles. The standard InChI is InChI=1S/C17H10ClN3O2S/c18-9-5-7-10(8-6-9)20-21-16-13-11-3-1-2-4-12(11)23-17(22)14(13)15(19)24-16/h1-8H,19H2. The molecular weight excluding hydrogens is 346 g/mol. The lowest BCUT2D eigenvalue weighted by Crippen LogP contribution is -2.00. The van der Waals surface area contributed by atoms with Gasteiger partial charge in [0.2, 0.25) is 0 Å². The third-order valence-electron chi connectivity index (χ3n) is 3.56. The number of anilines is 1. The Hall–Kier alpha value is -2.70. The van der Waals surface area contributed by atoms with Gasteiger partial charge < -0.3 is 10.2 Å². The Morgan fingerprint density at radius 2 is 1.75 bits per heavy atom. The van der Waals surface area contributed by atoms with E-state index in [9.17, 15) is 4.79 Å². The number of nitrogen functional groups attached to an aromatic ring is 1. The van der Waals surface area contributed by atoms with E-state index >= 15 is 0 Å². The Bertz CT molecular complexity index is 1150. The molecule has 0 spiro atoms. The zero-order valence-electron chi connectivity index (χ0n) is 12.2. The van der Waals surface area contributed by atoms with Crippen molar-refractivity contribution in [2.24, 2.45) is 10.2 Å². The van der Waals surface area contributed by atoms with Gasteiger partial charge in [-0.05, 0) is 30.3 Å². The summed E-state index contributed by atoms with van der Waals surface area (Å²) in [5.74, 6) is 0.